The lowest BCUT2D eigenvalue weighted by molar-refractivity contribution is 0.122. The van der Waals surface area contributed by atoms with E-state index in [2.05, 4.69) is 20.4 Å². The lowest BCUT2D eigenvalue weighted by atomic mass is 10.0. The molecule has 0 aliphatic heterocycles. The minimum absolute atomic E-state index is 0.939. The van der Waals surface area contributed by atoms with E-state index in [4.69, 9.17) is 22.1 Å². The molecule has 0 fully saturated rings. The normalized spacial score (nSPS) is 12.0. The first-order chi connectivity index (χ1) is 22.9. The SMILES string of the molecule is CCCCCCCCCCCCCCCCCC[Si](C)(OC)OC.CCCCCCCCCCCCCCCC[Si](OC)(OC)OC. The van der Waals surface area contributed by atoms with Crippen molar-refractivity contribution in [1.29, 1.82) is 0 Å². The molecule has 5 nitrogen and oxygen atoms in total. The molecule has 0 N–H and O–H groups in total. The van der Waals surface area contributed by atoms with Gasteiger partial charge in [-0.3, -0.25) is 0 Å². The Balaban J connectivity index is 0. The molecule has 286 valence electrons. The van der Waals surface area contributed by atoms with E-state index in [0.717, 1.165) is 18.5 Å². The molecule has 0 aliphatic carbocycles. The van der Waals surface area contributed by atoms with Crippen molar-refractivity contribution < 1.29 is 22.1 Å². The summed E-state index contributed by atoms with van der Waals surface area (Å²) in [6.07, 6.45) is 42.1. The van der Waals surface area contributed by atoms with E-state index in [9.17, 15) is 0 Å². The van der Waals surface area contributed by atoms with Gasteiger partial charge in [0.2, 0.25) is 0 Å². The summed E-state index contributed by atoms with van der Waals surface area (Å²) in [6, 6.07) is 2.08. The smallest absolute Gasteiger partial charge is 0.398 e. The molecular weight excluding hydrogens is 617 g/mol. The predicted octanol–water partition coefficient (Wildman–Crippen LogP) is 14.0. The maximum Gasteiger partial charge on any atom is 0.500 e. The van der Waals surface area contributed by atoms with Crippen LogP contribution in [0.25, 0.3) is 0 Å². The molecular formula is C40H88O5Si2. The van der Waals surface area contributed by atoms with Gasteiger partial charge in [-0.05, 0) is 19.0 Å². The summed E-state index contributed by atoms with van der Waals surface area (Å²) in [7, 11) is 4.56. The minimum Gasteiger partial charge on any atom is -0.398 e. The summed E-state index contributed by atoms with van der Waals surface area (Å²) in [5.74, 6) is 0. The van der Waals surface area contributed by atoms with Gasteiger partial charge in [-0.1, -0.05) is 200 Å². The fourth-order valence-corrected chi connectivity index (χ4v) is 9.64. The molecule has 0 heterocycles. The van der Waals surface area contributed by atoms with Crippen molar-refractivity contribution in [2.24, 2.45) is 0 Å². The summed E-state index contributed by atoms with van der Waals surface area (Å²) < 4.78 is 27.4. The molecule has 0 rings (SSSR count). The van der Waals surface area contributed by atoms with E-state index in [1.54, 1.807) is 35.5 Å². The average molecular weight is 705 g/mol. The molecule has 0 spiro atoms. The van der Waals surface area contributed by atoms with Crippen LogP contribution in [0, 0.1) is 0 Å². The Morgan fingerprint density at radius 3 is 0.702 bits per heavy atom. The Labute approximate surface area is 299 Å². The summed E-state index contributed by atoms with van der Waals surface area (Å²) in [4.78, 5) is 0. The Kier molecular flexibility index (Phi) is 41.0. The molecule has 0 unspecified atom stereocenters. The Morgan fingerprint density at radius 1 is 0.277 bits per heavy atom. The van der Waals surface area contributed by atoms with E-state index >= 15 is 0 Å². The highest BCUT2D eigenvalue weighted by Crippen LogP contribution is 2.20. The zero-order valence-electron chi connectivity index (χ0n) is 33.7. The van der Waals surface area contributed by atoms with Gasteiger partial charge >= 0.3 is 17.4 Å². The number of rotatable bonds is 37. The minimum atomic E-state index is -2.32. The second-order valence-corrected chi connectivity index (χ2v) is 20.9. The zero-order chi connectivity index (χ0) is 35.2. The number of hydrogen-bond donors (Lipinski definition) is 0. The highest BCUT2D eigenvalue weighted by atomic mass is 28.4. The molecule has 0 saturated carbocycles. The molecule has 47 heavy (non-hydrogen) atoms. The second-order valence-electron chi connectivity index (χ2n) is 14.2. The van der Waals surface area contributed by atoms with Crippen molar-refractivity contribution in [1.82, 2.24) is 0 Å². The van der Waals surface area contributed by atoms with Crippen LogP contribution in [0.15, 0.2) is 0 Å². The van der Waals surface area contributed by atoms with Crippen LogP contribution in [0.1, 0.15) is 206 Å². The van der Waals surface area contributed by atoms with E-state index in [1.165, 1.54) is 186 Å². The van der Waals surface area contributed by atoms with Crippen molar-refractivity contribution in [2.45, 2.75) is 225 Å². The van der Waals surface area contributed by atoms with Crippen molar-refractivity contribution >= 4 is 17.4 Å². The highest BCUT2D eigenvalue weighted by molar-refractivity contribution is 6.65. The first-order valence-corrected chi connectivity index (χ1v) is 25.1. The van der Waals surface area contributed by atoms with Crippen LogP contribution in [-0.4, -0.2) is 52.9 Å². The van der Waals surface area contributed by atoms with Crippen molar-refractivity contribution in [3.63, 3.8) is 0 Å². The van der Waals surface area contributed by atoms with Crippen LogP contribution in [-0.2, 0) is 22.1 Å². The summed E-state index contributed by atoms with van der Waals surface area (Å²) in [5.41, 5.74) is 0. The van der Waals surface area contributed by atoms with Gasteiger partial charge < -0.3 is 22.1 Å². The van der Waals surface area contributed by atoms with Gasteiger partial charge in [0.25, 0.3) is 0 Å². The van der Waals surface area contributed by atoms with Gasteiger partial charge in [0.15, 0.2) is 0 Å². The number of unbranched alkanes of at least 4 members (excludes halogenated alkanes) is 28. The maximum absolute atomic E-state index is 5.53. The zero-order valence-corrected chi connectivity index (χ0v) is 35.7. The van der Waals surface area contributed by atoms with Crippen LogP contribution in [0.2, 0.25) is 18.6 Å². The molecule has 0 aromatic heterocycles. The molecule has 0 bridgehead atoms. The van der Waals surface area contributed by atoms with E-state index in [-0.39, 0.29) is 0 Å². The van der Waals surface area contributed by atoms with E-state index in [0.29, 0.717) is 0 Å². The van der Waals surface area contributed by atoms with Crippen LogP contribution >= 0.6 is 0 Å². The third kappa shape index (κ3) is 34.5. The molecule has 0 aromatic rings. The molecule has 0 aliphatic rings. The van der Waals surface area contributed by atoms with Gasteiger partial charge in [0, 0.05) is 41.6 Å². The maximum atomic E-state index is 5.53. The van der Waals surface area contributed by atoms with Crippen LogP contribution < -0.4 is 0 Å². The fourth-order valence-electron chi connectivity index (χ4n) is 6.37. The standard InChI is InChI=1S/C21H46O2Si.C19H42O3Si/c1-5-6-7-8-9-10-11-12-13-14-15-16-17-18-19-20-21-24(4,22-2)23-3;1-5-6-7-8-9-10-11-12-13-14-15-16-17-18-19-23(20-2,21-3)22-4/h5-21H2,1-4H3;5-19H2,1-4H3. The van der Waals surface area contributed by atoms with E-state index < -0.39 is 17.4 Å². The third-order valence-electron chi connectivity index (χ3n) is 10.1. The van der Waals surface area contributed by atoms with Crippen molar-refractivity contribution in [2.75, 3.05) is 35.5 Å². The summed E-state index contributed by atoms with van der Waals surface area (Å²) >= 11 is 0. The first-order valence-electron chi connectivity index (χ1n) is 20.7. The average Bonchev–Trinajstić information content (AvgIpc) is 3.10. The van der Waals surface area contributed by atoms with Gasteiger partial charge in [0.05, 0.1) is 0 Å². The number of hydrogen-bond acceptors (Lipinski definition) is 5. The van der Waals surface area contributed by atoms with Gasteiger partial charge in [0.1, 0.15) is 0 Å². The van der Waals surface area contributed by atoms with Gasteiger partial charge in [-0.15, -0.1) is 0 Å². The molecule has 7 heteroatoms. The monoisotopic (exact) mass is 705 g/mol. The van der Waals surface area contributed by atoms with Crippen LogP contribution in [0.5, 0.6) is 0 Å². The Morgan fingerprint density at radius 2 is 0.489 bits per heavy atom. The lowest BCUT2D eigenvalue weighted by Gasteiger charge is -2.24. The Bertz CT molecular complexity index is 565. The Hall–Kier alpha value is 0.234. The molecule has 0 amide bonds. The highest BCUT2D eigenvalue weighted by Gasteiger charge is 2.36. The van der Waals surface area contributed by atoms with Gasteiger partial charge in [-0.2, -0.15) is 0 Å². The van der Waals surface area contributed by atoms with Gasteiger partial charge in [-0.25, -0.2) is 0 Å². The third-order valence-corrected chi connectivity index (χ3v) is 15.9. The second kappa shape index (κ2) is 39.0. The lowest BCUT2D eigenvalue weighted by Crippen LogP contribution is -2.42. The van der Waals surface area contributed by atoms with Crippen LogP contribution in [0.3, 0.4) is 0 Å². The first kappa shape index (κ1) is 49.3. The molecule has 0 saturated heterocycles. The molecule has 0 atom stereocenters. The summed E-state index contributed by atoms with van der Waals surface area (Å²) in [6.45, 7) is 6.74. The topological polar surface area (TPSA) is 46.2 Å². The molecule has 0 radical (unpaired) electrons. The van der Waals surface area contributed by atoms with E-state index in [1.807, 2.05) is 0 Å². The van der Waals surface area contributed by atoms with Crippen LogP contribution in [0.4, 0.5) is 0 Å². The quantitative estimate of drug-likeness (QED) is 0.0476. The predicted molar refractivity (Wildman–Crippen MR) is 212 cm³/mol. The molecule has 0 aromatic carbocycles. The summed E-state index contributed by atoms with van der Waals surface area (Å²) in [5, 5.41) is 0. The van der Waals surface area contributed by atoms with Crippen molar-refractivity contribution in [3.05, 3.63) is 0 Å². The fraction of sp³-hybridized carbons (Fsp3) is 1.00. The van der Waals surface area contributed by atoms with Crippen molar-refractivity contribution in [3.8, 4) is 0 Å². The largest absolute Gasteiger partial charge is 0.500 e.